The van der Waals surface area contributed by atoms with E-state index in [1.165, 1.54) is 4.90 Å². The molecule has 4 amide bonds. The fourth-order valence-corrected chi connectivity index (χ4v) is 3.10. The lowest BCUT2D eigenvalue weighted by molar-refractivity contribution is -0.148. The largest absolute Gasteiger partial charge is 0.481 e. The standard InChI is InChI=1S/C13H17N3O5/c17-8(6-12(3-4-12)10(19)20)16-5-1-2-13(7-16)9(18)14-11(21)15-13/h1-7H2,(H,19,20)(H2,14,15,18,21). The van der Waals surface area contributed by atoms with E-state index in [-0.39, 0.29) is 18.9 Å². The Hall–Kier alpha value is -2.12. The number of amides is 4. The van der Waals surface area contributed by atoms with Gasteiger partial charge in [-0.25, -0.2) is 4.79 Å². The second-order valence-corrected chi connectivity index (χ2v) is 6.17. The van der Waals surface area contributed by atoms with Crippen LogP contribution in [0.3, 0.4) is 0 Å². The molecule has 3 aliphatic rings. The van der Waals surface area contributed by atoms with Gasteiger partial charge in [0.25, 0.3) is 5.91 Å². The Labute approximate surface area is 120 Å². The Kier molecular flexibility index (Phi) is 2.93. The van der Waals surface area contributed by atoms with Crippen LogP contribution in [0.2, 0.25) is 0 Å². The van der Waals surface area contributed by atoms with E-state index < -0.39 is 28.9 Å². The number of hydrogen-bond donors (Lipinski definition) is 3. The molecule has 0 radical (unpaired) electrons. The highest BCUT2D eigenvalue weighted by molar-refractivity contribution is 6.07. The van der Waals surface area contributed by atoms with Crippen molar-refractivity contribution >= 4 is 23.8 Å². The summed E-state index contributed by atoms with van der Waals surface area (Å²) < 4.78 is 0. The first-order valence-corrected chi connectivity index (χ1v) is 7.02. The van der Waals surface area contributed by atoms with Crippen molar-refractivity contribution in [2.45, 2.75) is 37.6 Å². The van der Waals surface area contributed by atoms with E-state index >= 15 is 0 Å². The van der Waals surface area contributed by atoms with Crippen LogP contribution in [0.5, 0.6) is 0 Å². The SMILES string of the molecule is O=C1NC(=O)C2(CCCN(C(=O)CC3(C(=O)O)CC3)C2)N1. The van der Waals surface area contributed by atoms with Crippen LogP contribution in [0, 0.1) is 5.41 Å². The number of carbonyl (C=O) groups is 4. The fourth-order valence-electron chi connectivity index (χ4n) is 3.10. The molecule has 3 rings (SSSR count). The molecular weight excluding hydrogens is 278 g/mol. The molecule has 21 heavy (non-hydrogen) atoms. The van der Waals surface area contributed by atoms with Crippen molar-refractivity contribution < 1.29 is 24.3 Å². The zero-order chi connectivity index (χ0) is 15.3. The summed E-state index contributed by atoms with van der Waals surface area (Å²) in [5, 5.41) is 13.9. The summed E-state index contributed by atoms with van der Waals surface area (Å²) in [6.07, 6.45) is 2.08. The van der Waals surface area contributed by atoms with Crippen molar-refractivity contribution in [1.29, 1.82) is 0 Å². The van der Waals surface area contributed by atoms with Crippen LogP contribution in [0.4, 0.5) is 4.79 Å². The van der Waals surface area contributed by atoms with Gasteiger partial charge in [0, 0.05) is 13.0 Å². The summed E-state index contributed by atoms with van der Waals surface area (Å²) in [4.78, 5) is 48.2. The lowest BCUT2D eigenvalue weighted by atomic mass is 9.88. The Morgan fingerprint density at radius 3 is 2.48 bits per heavy atom. The van der Waals surface area contributed by atoms with Gasteiger partial charge in [-0.3, -0.25) is 19.7 Å². The van der Waals surface area contributed by atoms with Crippen LogP contribution in [-0.4, -0.2) is 52.4 Å². The Morgan fingerprint density at radius 1 is 1.24 bits per heavy atom. The van der Waals surface area contributed by atoms with Crippen molar-refractivity contribution in [1.82, 2.24) is 15.5 Å². The number of piperidine rings is 1. The molecule has 114 valence electrons. The van der Waals surface area contributed by atoms with E-state index in [1.807, 2.05) is 0 Å². The van der Waals surface area contributed by atoms with E-state index in [9.17, 15) is 19.2 Å². The van der Waals surface area contributed by atoms with Crippen molar-refractivity contribution in [3.8, 4) is 0 Å². The number of nitrogens with zero attached hydrogens (tertiary/aromatic N) is 1. The normalized spacial score (nSPS) is 30.0. The molecule has 2 aliphatic heterocycles. The molecule has 3 N–H and O–H groups in total. The molecule has 2 heterocycles. The molecule has 2 saturated heterocycles. The zero-order valence-electron chi connectivity index (χ0n) is 11.5. The van der Waals surface area contributed by atoms with Crippen LogP contribution in [0.15, 0.2) is 0 Å². The van der Waals surface area contributed by atoms with E-state index in [2.05, 4.69) is 10.6 Å². The quantitative estimate of drug-likeness (QED) is 0.604. The number of carbonyl (C=O) groups excluding carboxylic acids is 3. The minimum atomic E-state index is -1.05. The molecule has 1 aliphatic carbocycles. The lowest BCUT2D eigenvalue weighted by Gasteiger charge is -2.38. The molecule has 0 aromatic carbocycles. The summed E-state index contributed by atoms with van der Waals surface area (Å²) in [6, 6.07) is -0.543. The number of carboxylic acid groups (broad SMARTS) is 1. The molecule has 0 aromatic heterocycles. The van der Waals surface area contributed by atoms with E-state index in [4.69, 9.17) is 5.11 Å². The van der Waals surface area contributed by atoms with Gasteiger partial charge >= 0.3 is 12.0 Å². The smallest absolute Gasteiger partial charge is 0.322 e. The molecule has 1 atom stereocenters. The summed E-state index contributed by atoms with van der Waals surface area (Å²) in [7, 11) is 0. The summed E-state index contributed by atoms with van der Waals surface area (Å²) in [5.74, 6) is -1.61. The van der Waals surface area contributed by atoms with Crippen LogP contribution in [-0.2, 0) is 14.4 Å². The van der Waals surface area contributed by atoms with Crippen LogP contribution >= 0.6 is 0 Å². The topological polar surface area (TPSA) is 116 Å². The Morgan fingerprint density at radius 2 is 1.95 bits per heavy atom. The van der Waals surface area contributed by atoms with Crippen molar-refractivity contribution in [2.75, 3.05) is 13.1 Å². The molecule has 0 aromatic rings. The predicted octanol–water partition coefficient (Wildman–Crippen LogP) is -0.558. The van der Waals surface area contributed by atoms with Crippen LogP contribution < -0.4 is 10.6 Å². The second kappa shape index (κ2) is 4.44. The molecule has 3 fully saturated rings. The third-order valence-electron chi connectivity index (χ3n) is 4.66. The van der Waals surface area contributed by atoms with Crippen LogP contribution in [0.1, 0.15) is 32.1 Å². The number of imide groups is 1. The van der Waals surface area contributed by atoms with Gasteiger partial charge in [-0.15, -0.1) is 0 Å². The number of likely N-dealkylation sites (tertiary alicyclic amines) is 1. The predicted molar refractivity (Wildman–Crippen MR) is 69.1 cm³/mol. The molecule has 8 nitrogen and oxygen atoms in total. The molecular formula is C13H17N3O5. The zero-order valence-corrected chi connectivity index (χ0v) is 11.5. The average Bonchev–Trinajstić information content (AvgIpc) is 3.14. The molecule has 1 unspecified atom stereocenters. The maximum Gasteiger partial charge on any atom is 0.322 e. The fraction of sp³-hybridized carbons (Fsp3) is 0.692. The first-order valence-electron chi connectivity index (χ1n) is 7.02. The molecule has 1 spiro atoms. The van der Waals surface area contributed by atoms with Gasteiger partial charge in [0.2, 0.25) is 5.91 Å². The van der Waals surface area contributed by atoms with Gasteiger partial charge in [0.1, 0.15) is 5.54 Å². The molecule has 1 saturated carbocycles. The highest BCUT2D eigenvalue weighted by Crippen LogP contribution is 2.49. The molecule has 0 bridgehead atoms. The number of rotatable bonds is 3. The molecule has 8 heteroatoms. The van der Waals surface area contributed by atoms with Crippen LogP contribution in [0.25, 0.3) is 0 Å². The number of urea groups is 1. The Balaban J connectivity index is 1.69. The summed E-state index contributed by atoms with van der Waals surface area (Å²) in [5.41, 5.74) is -1.96. The number of hydrogen-bond acceptors (Lipinski definition) is 4. The Bertz CT molecular complexity index is 542. The first-order chi connectivity index (χ1) is 9.87. The summed E-state index contributed by atoms with van der Waals surface area (Å²) >= 11 is 0. The maximum atomic E-state index is 12.3. The monoisotopic (exact) mass is 295 g/mol. The average molecular weight is 295 g/mol. The maximum absolute atomic E-state index is 12.3. The third-order valence-corrected chi connectivity index (χ3v) is 4.66. The van der Waals surface area contributed by atoms with Gasteiger partial charge in [-0.1, -0.05) is 0 Å². The minimum absolute atomic E-state index is 0.0338. The summed E-state index contributed by atoms with van der Waals surface area (Å²) in [6.45, 7) is 0.596. The van der Waals surface area contributed by atoms with E-state index in [0.29, 0.717) is 32.2 Å². The van der Waals surface area contributed by atoms with Crippen molar-refractivity contribution in [3.05, 3.63) is 0 Å². The second-order valence-electron chi connectivity index (χ2n) is 6.17. The van der Waals surface area contributed by atoms with E-state index in [1.54, 1.807) is 0 Å². The van der Waals surface area contributed by atoms with E-state index in [0.717, 1.165) is 0 Å². The van der Waals surface area contributed by atoms with Gasteiger partial charge in [0.05, 0.1) is 12.0 Å². The highest BCUT2D eigenvalue weighted by Gasteiger charge is 2.54. The van der Waals surface area contributed by atoms with Gasteiger partial charge in [0.15, 0.2) is 0 Å². The third kappa shape index (κ3) is 2.24. The van der Waals surface area contributed by atoms with Gasteiger partial charge < -0.3 is 15.3 Å². The highest BCUT2D eigenvalue weighted by atomic mass is 16.4. The minimum Gasteiger partial charge on any atom is -0.481 e. The van der Waals surface area contributed by atoms with Gasteiger partial charge in [-0.05, 0) is 25.7 Å². The van der Waals surface area contributed by atoms with Crippen molar-refractivity contribution in [3.63, 3.8) is 0 Å². The number of carboxylic acids is 1. The van der Waals surface area contributed by atoms with Gasteiger partial charge in [-0.2, -0.15) is 0 Å². The van der Waals surface area contributed by atoms with Crippen molar-refractivity contribution in [2.24, 2.45) is 5.41 Å². The first kappa shape index (κ1) is 13.8. The number of aliphatic carboxylic acids is 1. The lowest BCUT2D eigenvalue weighted by Crippen LogP contribution is -2.59. The number of nitrogens with one attached hydrogen (secondary N) is 2.